The molecular formula is C10H18N2OS. The van der Waals surface area contributed by atoms with Crippen LogP contribution in [0.4, 0.5) is 0 Å². The molecule has 1 heterocycles. The van der Waals surface area contributed by atoms with Gasteiger partial charge in [0.15, 0.2) is 0 Å². The smallest absolute Gasteiger partial charge is 0.0897 e. The van der Waals surface area contributed by atoms with E-state index >= 15 is 0 Å². The fourth-order valence-electron chi connectivity index (χ4n) is 1.42. The Morgan fingerprint density at radius 2 is 2.36 bits per heavy atom. The first-order valence-electron chi connectivity index (χ1n) is 4.78. The van der Waals surface area contributed by atoms with Gasteiger partial charge < -0.3 is 10.5 Å². The molecule has 1 aromatic rings. The maximum atomic E-state index is 6.19. The van der Waals surface area contributed by atoms with Crippen LogP contribution in [0.15, 0.2) is 5.38 Å². The topological polar surface area (TPSA) is 48.1 Å². The van der Waals surface area contributed by atoms with Gasteiger partial charge in [-0.15, -0.1) is 11.3 Å². The molecule has 0 bridgehead atoms. The lowest BCUT2D eigenvalue weighted by Gasteiger charge is -2.26. The van der Waals surface area contributed by atoms with Crippen molar-refractivity contribution in [1.29, 1.82) is 0 Å². The third-order valence-corrected chi connectivity index (χ3v) is 3.16. The van der Waals surface area contributed by atoms with Crippen molar-refractivity contribution >= 4 is 11.3 Å². The molecule has 0 radical (unpaired) electrons. The van der Waals surface area contributed by atoms with Crippen LogP contribution in [0.3, 0.4) is 0 Å². The van der Waals surface area contributed by atoms with E-state index in [0.29, 0.717) is 6.61 Å². The van der Waals surface area contributed by atoms with Gasteiger partial charge in [-0.1, -0.05) is 6.92 Å². The van der Waals surface area contributed by atoms with Crippen molar-refractivity contribution < 1.29 is 4.74 Å². The van der Waals surface area contributed by atoms with Crippen LogP contribution < -0.4 is 5.73 Å². The Morgan fingerprint density at radius 3 is 2.79 bits per heavy atom. The lowest BCUT2D eigenvalue weighted by atomic mass is 9.93. The summed E-state index contributed by atoms with van der Waals surface area (Å²) in [5.74, 6) is 0. The van der Waals surface area contributed by atoms with Crippen LogP contribution in [0, 0.1) is 6.92 Å². The number of rotatable bonds is 5. The molecule has 14 heavy (non-hydrogen) atoms. The highest BCUT2D eigenvalue weighted by atomic mass is 32.1. The molecule has 2 N–H and O–H groups in total. The van der Waals surface area contributed by atoms with E-state index in [9.17, 15) is 0 Å². The first-order valence-corrected chi connectivity index (χ1v) is 5.66. The van der Waals surface area contributed by atoms with Crippen molar-refractivity contribution in [3.8, 4) is 0 Å². The largest absolute Gasteiger partial charge is 0.383 e. The van der Waals surface area contributed by atoms with E-state index in [2.05, 4.69) is 17.3 Å². The van der Waals surface area contributed by atoms with E-state index in [1.807, 2.05) is 6.92 Å². The summed E-state index contributed by atoms with van der Waals surface area (Å²) in [7, 11) is 1.68. The van der Waals surface area contributed by atoms with Crippen LogP contribution in [0.5, 0.6) is 0 Å². The highest BCUT2D eigenvalue weighted by Gasteiger charge is 2.24. The Hall–Kier alpha value is -0.450. The Kier molecular flexibility index (Phi) is 4.04. The molecule has 0 spiro atoms. The summed E-state index contributed by atoms with van der Waals surface area (Å²) in [6, 6.07) is 0. The van der Waals surface area contributed by atoms with Crippen LogP contribution in [0.2, 0.25) is 0 Å². The predicted molar refractivity (Wildman–Crippen MR) is 59.6 cm³/mol. The Labute approximate surface area is 89.3 Å². The average Bonchev–Trinajstić information content (AvgIpc) is 2.51. The third-order valence-electron chi connectivity index (χ3n) is 2.34. The van der Waals surface area contributed by atoms with Crippen LogP contribution >= 0.6 is 11.3 Å². The quantitative estimate of drug-likeness (QED) is 0.812. The standard InChI is InChI=1S/C10H18N2OS/c1-4-10(11,7-13-3)5-9-6-14-8(2)12-9/h6H,4-5,7,11H2,1-3H3. The van der Waals surface area contributed by atoms with Gasteiger partial charge in [0.05, 0.1) is 17.3 Å². The molecule has 0 saturated carbocycles. The molecule has 0 aromatic carbocycles. The lowest BCUT2D eigenvalue weighted by Crippen LogP contribution is -2.45. The number of ether oxygens (including phenoxy) is 1. The summed E-state index contributed by atoms with van der Waals surface area (Å²) in [5.41, 5.74) is 7.00. The van der Waals surface area contributed by atoms with Gasteiger partial charge in [-0.05, 0) is 13.3 Å². The van der Waals surface area contributed by atoms with Gasteiger partial charge in [-0.2, -0.15) is 0 Å². The molecule has 1 unspecified atom stereocenters. The predicted octanol–water partition coefficient (Wildman–Crippen LogP) is 1.75. The summed E-state index contributed by atoms with van der Waals surface area (Å²) in [6.45, 7) is 4.67. The normalized spacial score (nSPS) is 15.4. The van der Waals surface area contributed by atoms with Crippen molar-refractivity contribution in [3.63, 3.8) is 0 Å². The molecule has 80 valence electrons. The van der Waals surface area contributed by atoms with Crippen molar-refractivity contribution in [2.75, 3.05) is 13.7 Å². The van der Waals surface area contributed by atoms with Crippen LogP contribution in [-0.4, -0.2) is 24.2 Å². The number of aromatic nitrogens is 1. The summed E-state index contributed by atoms with van der Waals surface area (Å²) >= 11 is 1.67. The lowest BCUT2D eigenvalue weighted by molar-refractivity contribution is 0.129. The molecule has 0 saturated heterocycles. The number of hydrogen-bond acceptors (Lipinski definition) is 4. The van der Waals surface area contributed by atoms with Crippen LogP contribution in [0.25, 0.3) is 0 Å². The van der Waals surface area contributed by atoms with Gasteiger partial charge in [-0.25, -0.2) is 4.98 Å². The number of thiazole rings is 1. The zero-order chi connectivity index (χ0) is 10.6. The minimum absolute atomic E-state index is 0.269. The summed E-state index contributed by atoms with van der Waals surface area (Å²) in [6.07, 6.45) is 1.69. The van der Waals surface area contributed by atoms with Gasteiger partial charge in [-0.3, -0.25) is 0 Å². The molecule has 0 aliphatic heterocycles. The van der Waals surface area contributed by atoms with Gasteiger partial charge in [0.25, 0.3) is 0 Å². The zero-order valence-corrected chi connectivity index (χ0v) is 9.86. The second kappa shape index (κ2) is 4.87. The van der Waals surface area contributed by atoms with Crippen molar-refractivity contribution in [3.05, 3.63) is 16.1 Å². The first kappa shape index (κ1) is 11.6. The fourth-order valence-corrected chi connectivity index (χ4v) is 2.03. The summed E-state index contributed by atoms with van der Waals surface area (Å²) in [4.78, 5) is 4.41. The van der Waals surface area contributed by atoms with Crippen molar-refractivity contribution in [1.82, 2.24) is 4.98 Å². The maximum Gasteiger partial charge on any atom is 0.0897 e. The van der Waals surface area contributed by atoms with E-state index in [-0.39, 0.29) is 5.54 Å². The SMILES string of the molecule is CCC(N)(COC)Cc1csc(C)n1. The number of hydrogen-bond donors (Lipinski definition) is 1. The van der Waals surface area contributed by atoms with Crippen LogP contribution in [0.1, 0.15) is 24.0 Å². The molecule has 1 atom stereocenters. The van der Waals surface area contributed by atoms with Gasteiger partial charge in [0.1, 0.15) is 0 Å². The number of nitrogens with two attached hydrogens (primary N) is 1. The fraction of sp³-hybridized carbons (Fsp3) is 0.700. The minimum atomic E-state index is -0.269. The minimum Gasteiger partial charge on any atom is -0.383 e. The summed E-state index contributed by atoms with van der Waals surface area (Å²) in [5, 5.41) is 3.17. The van der Waals surface area contributed by atoms with E-state index in [4.69, 9.17) is 10.5 Å². The molecule has 1 rings (SSSR count). The van der Waals surface area contributed by atoms with Gasteiger partial charge >= 0.3 is 0 Å². The van der Waals surface area contributed by atoms with E-state index in [0.717, 1.165) is 23.5 Å². The molecule has 0 amide bonds. The van der Waals surface area contributed by atoms with E-state index in [1.165, 1.54) is 0 Å². The van der Waals surface area contributed by atoms with E-state index < -0.39 is 0 Å². The highest BCUT2D eigenvalue weighted by molar-refractivity contribution is 7.09. The van der Waals surface area contributed by atoms with Crippen molar-refractivity contribution in [2.24, 2.45) is 5.73 Å². The van der Waals surface area contributed by atoms with Crippen LogP contribution in [-0.2, 0) is 11.2 Å². The number of methoxy groups -OCH3 is 1. The molecule has 1 aromatic heterocycles. The van der Waals surface area contributed by atoms with Gasteiger partial charge in [0.2, 0.25) is 0 Å². The molecular weight excluding hydrogens is 196 g/mol. The zero-order valence-electron chi connectivity index (χ0n) is 9.04. The Morgan fingerprint density at radius 1 is 1.64 bits per heavy atom. The van der Waals surface area contributed by atoms with Crippen molar-refractivity contribution in [2.45, 2.75) is 32.2 Å². The van der Waals surface area contributed by atoms with E-state index in [1.54, 1.807) is 18.4 Å². The molecule has 0 aliphatic carbocycles. The Balaban J connectivity index is 2.64. The summed E-state index contributed by atoms with van der Waals surface area (Å²) < 4.78 is 5.13. The second-order valence-electron chi connectivity index (χ2n) is 3.68. The molecule has 0 fully saturated rings. The Bertz CT molecular complexity index is 287. The maximum absolute atomic E-state index is 6.19. The number of aryl methyl sites for hydroxylation is 1. The molecule has 4 heteroatoms. The third kappa shape index (κ3) is 3.04. The number of nitrogens with zero attached hydrogens (tertiary/aromatic N) is 1. The molecule has 3 nitrogen and oxygen atoms in total. The first-order chi connectivity index (χ1) is 6.59. The molecule has 0 aliphatic rings. The average molecular weight is 214 g/mol. The highest BCUT2D eigenvalue weighted by Crippen LogP contribution is 2.17. The van der Waals surface area contributed by atoms with Gasteiger partial charge in [0, 0.05) is 24.4 Å². The monoisotopic (exact) mass is 214 g/mol. The second-order valence-corrected chi connectivity index (χ2v) is 4.75.